The van der Waals surface area contributed by atoms with Crippen molar-refractivity contribution in [2.75, 3.05) is 19.6 Å². The van der Waals surface area contributed by atoms with Crippen molar-refractivity contribution in [3.05, 3.63) is 0 Å². The zero-order valence-corrected chi connectivity index (χ0v) is 9.41. The highest BCUT2D eigenvalue weighted by atomic mass is 15.3. The van der Waals surface area contributed by atoms with E-state index in [2.05, 4.69) is 9.80 Å². The normalized spacial score (nSPS) is 37.3. The predicted octanol–water partition coefficient (Wildman–Crippen LogP) is 1.69. The van der Waals surface area contributed by atoms with Gasteiger partial charge < -0.3 is 4.90 Å². The standard InChI is InChI=1S/C12H21N3/c13-12-5-3-8-15(12)11-6-9-14-7-2-1-4-10(11)14/h10-11,13H,1-9H2. The maximum Gasteiger partial charge on any atom is 0.0961 e. The molecule has 0 aromatic rings. The van der Waals surface area contributed by atoms with Crippen LogP contribution in [0.1, 0.15) is 38.5 Å². The van der Waals surface area contributed by atoms with E-state index in [4.69, 9.17) is 5.41 Å². The fourth-order valence-corrected chi connectivity index (χ4v) is 3.65. The third-order valence-electron chi connectivity index (χ3n) is 4.38. The SMILES string of the molecule is N=C1CCCN1C1CCN2CCCCC12. The lowest BCUT2D eigenvalue weighted by molar-refractivity contribution is 0.155. The molecule has 0 aromatic carbocycles. The van der Waals surface area contributed by atoms with Crippen molar-refractivity contribution in [1.82, 2.24) is 9.80 Å². The van der Waals surface area contributed by atoms with Crippen LogP contribution in [0.4, 0.5) is 0 Å². The Bertz CT molecular complexity index is 264. The topological polar surface area (TPSA) is 30.3 Å². The van der Waals surface area contributed by atoms with Gasteiger partial charge in [0.15, 0.2) is 0 Å². The van der Waals surface area contributed by atoms with Crippen molar-refractivity contribution >= 4 is 5.84 Å². The summed E-state index contributed by atoms with van der Waals surface area (Å²) < 4.78 is 0. The molecule has 3 rings (SSSR count). The largest absolute Gasteiger partial charge is 0.356 e. The molecule has 3 heterocycles. The van der Waals surface area contributed by atoms with Crippen molar-refractivity contribution in [2.24, 2.45) is 0 Å². The van der Waals surface area contributed by atoms with E-state index in [1.54, 1.807) is 0 Å². The molecule has 0 aromatic heterocycles. The molecule has 0 amide bonds. The molecule has 2 atom stereocenters. The monoisotopic (exact) mass is 207 g/mol. The molecule has 0 radical (unpaired) electrons. The van der Waals surface area contributed by atoms with Crippen LogP contribution >= 0.6 is 0 Å². The number of hydrogen-bond donors (Lipinski definition) is 1. The highest BCUT2D eigenvalue weighted by Crippen LogP contribution is 2.32. The Morgan fingerprint density at radius 1 is 0.933 bits per heavy atom. The van der Waals surface area contributed by atoms with Gasteiger partial charge in [-0.1, -0.05) is 6.42 Å². The fraction of sp³-hybridized carbons (Fsp3) is 0.917. The van der Waals surface area contributed by atoms with Crippen molar-refractivity contribution in [3.63, 3.8) is 0 Å². The zero-order chi connectivity index (χ0) is 10.3. The Morgan fingerprint density at radius 2 is 1.87 bits per heavy atom. The number of hydrogen-bond acceptors (Lipinski definition) is 2. The molecule has 3 aliphatic heterocycles. The maximum absolute atomic E-state index is 7.98. The summed E-state index contributed by atoms with van der Waals surface area (Å²) in [6.07, 6.45) is 7.69. The summed E-state index contributed by atoms with van der Waals surface area (Å²) in [5.41, 5.74) is 0. The van der Waals surface area contributed by atoms with Gasteiger partial charge in [0.1, 0.15) is 0 Å². The van der Waals surface area contributed by atoms with E-state index in [0.717, 1.165) is 24.8 Å². The molecule has 84 valence electrons. The van der Waals surface area contributed by atoms with Crippen LogP contribution < -0.4 is 0 Å². The number of nitrogens with one attached hydrogen (secondary N) is 1. The highest BCUT2D eigenvalue weighted by Gasteiger charge is 2.40. The summed E-state index contributed by atoms with van der Waals surface area (Å²) in [6, 6.07) is 1.46. The van der Waals surface area contributed by atoms with E-state index in [1.165, 1.54) is 45.2 Å². The summed E-state index contributed by atoms with van der Waals surface area (Å²) in [5.74, 6) is 0.910. The molecular weight excluding hydrogens is 186 g/mol. The second-order valence-electron chi connectivity index (χ2n) is 5.20. The minimum absolute atomic E-state index is 0.681. The molecule has 0 aliphatic carbocycles. The lowest BCUT2D eigenvalue weighted by Gasteiger charge is -2.36. The van der Waals surface area contributed by atoms with Crippen LogP contribution in [0.15, 0.2) is 0 Å². The van der Waals surface area contributed by atoms with Crippen LogP contribution in [0.2, 0.25) is 0 Å². The van der Waals surface area contributed by atoms with Crippen LogP contribution in [0.25, 0.3) is 0 Å². The van der Waals surface area contributed by atoms with Gasteiger partial charge in [0.2, 0.25) is 0 Å². The summed E-state index contributed by atoms with van der Waals surface area (Å²) in [4.78, 5) is 5.07. The van der Waals surface area contributed by atoms with Crippen molar-refractivity contribution in [1.29, 1.82) is 5.41 Å². The first-order chi connectivity index (χ1) is 7.36. The highest BCUT2D eigenvalue weighted by molar-refractivity contribution is 5.81. The van der Waals surface area contributed by atoms with Crippen LogP contribution in [-0.4, -0.2) is 47.4 Å². The number of likely N-dealkylation sites (tertiary alicyclic amines) is 1. The first-order valence-electron chi connectivity index (χ1n) is 6.44. The Morgan fingerprint density at radius 3 is 2.67 bits per heavy atom. The van der Waals surface area contributed by atoms with Gasteiger partial charge in [-0.2, -0.15) is 0 Å². The van der Waals surface area contributed by atoms with E-state index < -0.39 is 0 Å². The number of nitrogens with zero attached hydrogens (tertiary/aromatic N) is 2. The molecular formula is C12H21N3. The minimum atomic E-state index is 0.681. The van der Waals surface area contributed by atoms with Gasteiger partial charge in [-0.3, -0.25) is 10.3 Å². The van der Waals surface area contributed by atoms with Crippen molar-refractivity contribution in [2.45, 2.75) is 50.6 Å². The third kappa shape index (κ3) is 1.57. The van der Waals surface area contributed by atoms with Crippen molar-refractivity contribution < 1.29 is 0 Å². The lowest BCUT2D eigenvalue weighted by atomic mass is 9.98. The smallest absolute Gasteiger partial charge is 0.0961 e. The Kier molecular flexibility index (Phi) is 2.43. The van der Waals surface area contributed by atoms with Gasteiger partial charge >= 0.3 is 0 Å². The second-order valence-corrected chi connectivity index (χ2v) is 5.20. The Balaban J connectivity index is 1.73. The molecule has 3 heteroatoms. The number of fused-ring (bicyclic) bond motifs is 1. The van der Waals surface area contributed by atoms with Gasteiger partial charge in [0, 0.05) is 31.6 Å². The second kappa shape index (κ2) is 3.78. The van der Waals surface area contributed by atoms with Crippen LogP contribution in [0.3, 0.4) is 0 Å². The van der Waals surface area contributed by atoms with Crippen LogP contribution in [0.5, 0.6) is 0 Å². The molecule has 0 bridgehead atoms. The van der Waals surface area contributed by atoms with Gasteiger partial charge in [0.05, 0.1) is 5.84 Å². The van der Waals surface area contributed by atoms with Gasteiger partial charge in [0.25, 0.3) is 0 Å². The molecule has 3 aliphatic rings. The average molecular weight is 207 g/mol. The third-order valence-corrected chi connectivity index (χ3v) is 4.38. The first kappa shape index (κ1) is 9.64. The van der Waals surface area contributed by atoms with E-state index in [-0.39, 0.29) is 0 Å². The molecule has 1 N–H and O–H groups in total. The number of rotatable bonds is 1. The molecule has 0 saturated carbocycles. The molecule has 3 fully saturated rings. The number of amidine groups is 1. The maximum atomic E-state index is 7.98. The molecule has 2 unspecified atom stereocenters. The molecule has 3 saturated heterocycles. The van der Waals surface area contributed by atoms with Gasteiger partial charge in [-0.15, -0.1) is 0 Å². The summed E-state index contributed by atoms with van der Waals surface area (Å²) in [7, 11) is 0. The van der Waals surface area contributed by atoms with Crippen molar-refractivity contribution in [3.8, 4) is 0 Å². The predicted molar refractivity (Wildman–Crippen MR) is 61.3 cm³/mol. The van der Waals surface area contributed by atoms with E-state index in [1.807, 2.05) is 0 Å². The molecule has 3 nitrogen and oxygen atoms in total. The lowest BCUT2D eigenvalue weighted by Crippen LogP contribution is -2.47. The zero-order valence-electron chi connectivity index (χ0n) is 9.41. The molecule has 15 heavy (non-hydrogen) atoms. The van der Waals surface area contributed by atoms with E-state index >= 15 is 0 Å². The minimum Gasteiger partial charge on any atom is -0.356 e. The van der Waals surface area contributed by atoms with Crippen LogP contribution in [0, 0.1) is 5.41 Å². The van der Waals surface area contributed by atoms with E-state index in [9.17, 15) is 0 Å². The Hall–Kier alpha value is -0.570. The summed E-state index contributed by atoms with van der Waals surface area (Å²) >= 11 is 0. The van der Waals surface area contributed by atoms with Gasteiger partial charge in [-0.05, 0) is 32.2 Å². The Labute approximate surface area is 91.9 Å². The van der Waals surface area contributed by atoms with Gasteiger partial charge in [-0.25, -0.2) is 0 Å². The average Bonchev–Trinajstić information content (AvgIpc) is 2.83. The molecule has 0 spiro atoms. The number of piperidine rings is 1. The summed E-state index contributed by atoms with van der Waals surface area (Å²) in [5, 5.41) is 7.98. The fourth-order valence-electron chi connectivity index (χ4n) is 3.65. The van der Waals surface area contributed by atoms with E-state index in [0.29, 0.717) is 6.04 Å². The first-order valence-corrected chi connectivity index (χ1v) is 6.44. The quantitative estimate of drug-likeness (QED) is 0.709. The summed E-state index contributed by atoms with van der Waals surface area (Å²) in [6.45, 7) is 3.73. The van der Waals surface area contributed by atoms with Crippen LogP contribution in [-0.2, 0) is 0 Å².